The van der Waals surface area contributed by atoms with Crippen LogP contribution in [0.1, 0.15) is 24.8 Å². The lowest BCUT2D eigenvalue weighted by atomic mass is 10.1. The van der Waals surface area contributed by atoms with Crippen LogP contribution < -0.4 is 0 Å². The molecule has 1 aromatic rings. The molecular formula is C13H16N2O2S. The first-order chi connectivity index (χ1) is 8.55. The Morgan fingerprint density at radius 1 is 1.39 bits per heavy atom. The van der Waals surface area contributed by atoms with E-state index in [1.54, 1.807) is 18.2 Å². The van der Waals surface area contributed by atoms with Gasteiger partial charge in [0.25, 0.3) is 0 Å². The van der Waals surface area contributed by atoms with E-state index < -0.39 is 16.1 Å². The Balaban J connectivity index is 2.39. The second-order valence-electron chi connectivity index (χ2n) is 4.57. The van der Waals surface area contributed by atoms with E-state index in [0.717, 1.165) is 18.4 Å². The van der Waals surface area contributed by atoms with Crippen molar-refractivity contribution < 1.29 is 8.42 Å². The zero-order chi connectivity index (χ0) is 13.2. The molecule has 0 saturated carbocycles. The molecule has 96 valence electrons. The number of sulfonamides is 1. The molecule has 1 aliphatic rings. The number of benzene rings is 1. The molecule has 5 heteroatoms. The summed E-state index contributed by atoms with van der Waals surface area (Å²) in [5.74, 6) is 0. The number of rotatable bonds is 2. The van der Waals surface area contributed by atoms with Crippen LogP contribution in [0.2, 0.25) is 0 Å². The quantitative estimate of drug-likeness (QED) is 0.821. The summed E-state index contributed by atoms with van der Waals surface area (Å²) in [4.78, 5) is 0.282. The van der Waals surface area contributed by atoms with Crippen LogP contribution in [0.5, 0.6) is 0 Å². The first kappa shape index (κ1) is 13.1. The summed E-state index contributed by atoms with van der Waals surface area (Å²) < 4.78 is 26.3. The predicted octanol–water partition coefficient (Wildman–Crippen LogP) is 2.06. The Bertz CT molecular complexity index is 575. The van der Waals surface area contributed by atoms with Gasteiger partial charge in [0.15, 0.2) is 0 Å². The molecule has 0 N–H and O–H groups in total. The number of aryl methyl sites for hydroxylation is 1. The van der Waals surface area contributed by atoms with Crippen molar-refractivity contribution in [2.75, 3.05) is 6.54 Å². The van der Waals surface area contributed by atoms with Crippen LogP contribution in [0.3, 0.4) is 0 Å². The second kappa shape index (κ2) is 5.09. The van der Waals surface area contributed by atoms with Gasteiger partial charge < -0.3 is 0 Å². The lowest BCUT2D eigenvalue weighted by Gasteiger charge is -2.30. The monoisotopic (exact) mass is 264 g/mol. The van der Waals surface area contributed by atoms with Crippen molar-refractivity contribution in [3.63, 3.8) is 0 Å². The Morgan fingerprint density at radius 3 is 2.83 bits per heavy atom. The minimum absolute atomic E-state index is 0.282. The minimum Gasteiger partial charge on any atom is -0.207 e. The summed E-state index contributed by atoms with van der Waals surface area (Å²) in [6.07, 6.45) is 2.36. The zero-order valence-electron chi connectivity index (χ0n) is 10.3. The maximum atomic E-state index is 12.5. The van der Waals surface area contributed by atoms with Gasteiger partial charge in [0.2, 0.25) is 10.0 Å². The molecule has 0 radical (unpaired) electrons. The van der Waals surface area contributed by atoms with E-state index in [1.165, 1.54) is 4.31 Å². The first-order valence-electron chi connectivity index (χ1n) is 6.04. The van der Waals surface area contributed by atoms with Crippen molar-refractivity contribution in [2.45, 2.75) is 37.1 Å². The van der Waals surface area contributed by atoms with Gasteiger partial charge in [-0.15, -0.1) is 0 Å². The van der Waals surface area contributed by atoms with Crippen LogP contribution in [0.15, 0.2) is 29.2 Å². The van der Waals surface area contributed by atoms with Gasteiger partial charge in [-0.05, 0) is 43.9 Å². The van der Waals surface area contributed by atoms with Crippen LogP contribution in [0.25, 0.3) is 0 Å². The lowest BCUT2D eigenvalue weighted by molar-refractivity contribution is 0.297. The van der Waals surface area contributed by atoms with Crippen LogP contribution >= 0.6 is 0 Å². The summed E-state index contributed by atoms with van der Waals surface area (Å²) in [5.41, 5.74) is 0.904. The number of nitriles is 1. The molecule has 2 rings (SSSR count). The van der Waals surface area contributed by atoms with Crippen LogP contribution in [-0.2, 0) is 10.0 Å². The van der Waals surface area contributed by atoms with E-state index in [1.807, 2.05) is 13.0 Å². The number of piperidine rings is 1. The molecule has 18 heavy (non-hydrogen) atoms. The fraction of sp³-hybridized carbons (Fsp3) is 0.462. The maximum Gasteiger partial charge on any atom is 0.244 e. The standard InChI is InChI=1S/C13H16N2O2S/c1-11-5-4-7-13(9-11)18(16,17)15-8-3-2-6-12(15)10-14/h4-5,7,9,12H,2-3,6,8H2,1H3. The third-order valence-corrected chi connectivity index (χ3v) is 5.10. The fourth-order valence-electron chi connectivity index (χ4n) is 2.23. The lowest BCUT2D eigenvalue weighted by Crippen LogP contribution is -2.42. The van der Waals surface area contributed by atoms with Gasteiger partial charge in [0, 0.05) is 6.54 Å². The summed E-state index contributed by atoms with van der Waals surface area (Å²) >= 11 is 0. The highest BCUT2D eigenvalue weighted by molar-refractivity contribution is 7.89. The van der Waals surface area contributed by atoms with Crippen molar-refractivity contribution in [3.8, 4) is 6.07 Å². The topological polar surface area (TPSA) is 61.2 Å². The molecule has 1 saturated heterocycles. The molecule has 1 unspecified atom stereocenters. The molecular weight excluding hydrogens is 248 g/mol. The SMILES string of the molecule is Cc1cccc(S(=O)(=O)N2CCCCC2C#N)c1. The zero-order valence-corrected chi connectivity index (χ0v) is 11.2. The highest BCUT2D eigenvalue weighted by Crippen LogP contribution is 2.25. The van der Waals surface area contributed by atoms with Crippen LogP contribution in [0.4, 0.5) is 0 Å². The third kappa shape index (κ3) is 2.40. The molecule has 4 nitrogen and oxygen atoms in total. The number of hydrogen-bond acceptors (Lipinski definition) is 3. The maximum absolute atomic E-state index is 12.5. The van der Waals surface area contributed by atoms with E-state index >= 15 is 0 Å². The first-order valence-corrected chi connectivity index (χ1v) is 7.48. The summed E-state index contributed by atoms with van der Waals surface area (Å²) in [5, 5.41) is 9.07. The fourth-order valence-corrected chi connectivity index (χ4v) is 3.95. The second-order valence-corrected chi connectivity index (χ2v) is 6.46. The average molecular weight is 264 g/mol. The molecule has 0 aromatic heterocycles. The van der Waals surface area contributed by atoms with Crippen molar-refractivity contribution in [2.24, 2.45) is 0 Å². The summed E-state index contributed by atoms with van der Waals surface area (Å²) in [7, 11) is -3.53. The third-order valence-electron chi connectivity index (χ3n) is 3.20. The van der Waals surface area contributed by atoms with Crippen molar-refractivity contribution in [3.05, 3.63) is 29.8 Å². The highest BCUT2D eigenvalue weighted by atomic mass is 32.2. The van der Waals surface area contributed by atoms with Gasteiger partial charge >= 0.3 is 0 Å². The Morgan fingerprint density at radius 2 is 2.17 bits per heavy atom. The van der Waals surface area contributed by atoms with Gasteiger partial charge in [-0.1, -0.05) is 12.1 Å². The summed E-state index contributed by atoms with van der Waals surface area (Å²) in [6, 6.07) is 8.40. The highest BCUT2D eigenvalue weighted by Gasteiger charge is 2.33. The molecule has 0 spiro atoms. The molecule has 1 heterocycles. The van der Waals surface area contributed by atoms with Crippen molar-refractivity contribution in [1.82, 2.24) is 4.31 Å². The smallest absolute Gasteiger partial charge is 0.207 e. The normalized spacial score (nSPS) is 21.4. The van der Waals surface area contributed by atoms with E-state index in [2.05, 4.69) is 6.07 Å². The molecule has 0 amide bonds. The van der Waals surface area contributed by atoms with Crippen molar-refractivity contribution >= 4 is 10.0 Å². The predicted molar refractivity (Wildman–Crippen MR) is 68.3 cm³/mol. The van der Waals surface area contributed by atoms with E-state index in [0.29, 0.717) is 13.0 Å². The molecule has 1 atom stereocenters. The Labute approximate surface area is 108 Å². The number of nitrogens with zero attached hydrogens (tertiary/aromatic N) is 2. The number of hydrogen-bond donors (Lipinski definition) is 0. The molecule has 0 aliphatic carbocycles. The largest absolute Gasteiger partial charge is 0.244 e. The van der Waals surface area contributed by atoms with E-state index in [4.69, 9.17) is 5.26 Å². The van der Waals surface area contributed by atoms with E-state index in [9.17, 15) is 8.42 Å². The van der Waals surface area contributed by atoms with Gasteiger partial charge in [0.05, 0.1) is 11.0 Å². The van der Waals surface area contributed by atoms with Crippen molar-refractivity contribution in [1.29, 1.82) is 5.26 Å². The molecule has 0 bridgehead atoms. The van der Waals surface area contributed by atoms with Gasteiger partial charge in [-0.25, -0.2) is 8.42 Å². The van der Waals surface area contributed by atoms with Gasteiger partial charge in [0.1, 0.15) is 6.04 Å². The van der Waals surface area contributed by atoms with Crippen LogP contribution in [-0.4, -0.2) is 25.3 Å². The van der Waals surface area contributed by atoms with Crippen LogP contribution in [0, 0.1) is 18.3 Å². The Hall–Kier alpha value is -1.38. The van der Waals surface area contributed by atoms with Gasteiger partial charge in [-0.2, -0.15) is 9.57 Å². The Kier molecular flexibility index (Phi) is 3.69. The van der Waals surface area contributed by atoms with E-state index in [-0.39, 0.29) is 4.90 Å². The molecule has 1 fully saturated rings. The average Bonchev–Trinajstić information content (AvgIpc) is 2.38. The minimum atomic E-state index is -3.53. The van der Waals surface area contributed by atoms with Gasteiger partial charge in [-0.3, -0.25) is 0 Å². The molecule has 1 aliphatic heterocycles. The summed E-state index contributed by atoms with van der Waals surface area (Å²) in [6.45, 7) is 2.30. The molecule has 1 aromatic carbocycles.